The van der Waals surface area contributed by atoms with Gasteiger partial charge in [-0.1, -0.05) is 24.6 Å². The lowest BCUT2D eigenvalue weighted by Gasteiger charge is -2.06. The molecule has 0 aromatic heterocycles. The normalized spacial score (nSPS) is 12.8. The van der Waals surface area contributed by atoms with Crippen LogP contribution in [0.25, 0.3) is 0 Å². The van der Waals surface area contributed by atoms with Crippen LogP contribution in [0, 0.1) is 5.92 Å². The Balaban J connectivity index is 2.45. The molecule has 0 N–H and O–H groups in total. The van der Waals surface area contributed by atoms with Crippen molar-refractivity contribution in [2.45, 2.75) is 11.8 Å². The SMILES string of the molecule is CC(CCl)CSc1cccc(Cl)c1. The number of thioether (sulfide) groups is 1. The largest absolute Gasteiger partial charge is 0.126 e. The molecule has 1 aromatic rings. The quantitative estimate of drug-likeness (QED) is 0.553. The molecule has 0 aliphatic heterocycles. The fourth-order valence-corrected chi connectivity index (χ4v) is 2.31. The molecule has 0 aliphatic rings. The molecule has 0 aliphatic carbocycles. The van der Waals surface area contributed by atoms with Gasteiger partial charge in [-0.05, 0) is 24.1 Å². The molecule has 3 heteroatoms. The highest BCUT2D eigenvalue weighted by molar-refractivity contribution is 7.99. The Kier molecular flexibility index (Phi) is 5.00. The van der Waals surface area contributed by atoms with E-state index in [2.05, 4.69) is 13.0 Å². The Labute approximate surface area is 93.6 Å². The molecule has 72 valence electrons. The average Bonchev–Trinajstić information content (AvgIpc) is 2.14. The van der Waals surface area contributed by atoms with Gasteiger partial charge < -0.3 is 0 Å². The van der Waals surface area contributed by atoms with E-state index in [4.69, 9.17) is 23.2 Å². The van der Waals surface area contributed by atoms with Gasteiger partial charge in [0.25, 0.3) is 0 Å². The lowest BCUT2D eigenvalue weighted by atomic mass is 10.3. The van der Waals surface area contributed by atoms with E-state index >= 15 is 0 Å². The number of alkyl halides is 1. The number of benzene rings is 1. The van der Waals surface area contributed by atoms with Crippen LogP contribution >= 0.6 is 35.0 Å². The molecule has 1 aromatic carbocycles. The van der Waals surface area contributed by atoms with E-state index in [1.54, 1.807) is 11.8 Å². The van der Waals surface area contributed by atoms with Crippen molar-refractivity contribution in [3.63, 3.8) is 0 Å². The summed E-state index contributed by atoms with van der Waals surface area (Å²) < 4.78 is 0. The van der Waals surface area contributed by atoms with E-state index in [0.29, 0.717) is 11.8 Å². The second kappa shape index (κ2) is 5.79. The van der Waals surface area contributed by atoms with Crippen LogP contribution in [0.4, 0.5) is 0 Å². The van der Waals surface area contributed by atoms with Crippen molar-refractivity contribution in [2.24, 2.45) is 5.92 Å². The van der Waals surface area contributed by atoms with Crippen LogP contribution < -0.4 is 0 Å². The maximum absolute atomic E-state index is 5.85. The van der Waals surface area contributed by atoms with E-state index < -0.39 is 0 Å². The van der Waals surface area contributed by atoms with E-state index in [-0.39, 0.29) is 0 Å². The average molecular weight is 235 g/mol. The molecule has 0 heterocycles. The molecular formula is C10H12Cl2S. The second-order valence-electron chi connectivity index (χ2n) is 3.03. The smallest absolute Gasteiger partial charge is 0.0417 e. The zero-order valence-corrected chi connectivity index (χ0v) is 9.79. The minimum atomic E-state index is 0.547. The minimum Gasteiger partial charge on any atom is -0.126 e. The third-order valence-corrected chi connectivity index (χ3v) is 3.68. The summed E-state index contributed by atoms with van der Waals surface area (Å²) in [5.41, 5.74) is 0. The van der Waals surface area contributed by atoms with Crippen molar-refractivity contribution < 1.29 is 0 Å². The summed E-state index contributed by atoms with van der Waals surface area (Å²) in [5, 5.41) is 0.795. The molecular weight excluding hydrogens is 223 g/mol. The Bertz CT molecular complexity index is 263. The maximum Gasteiger partial charge on any atom is 0.0417 e. The van der Waals surface area contributed by atoms with E-state index in [9.17, 15) is 0 Å². The van der Waals surface area contributed by atoms with Crippen LogP contribution in [0.5, 0.6) is 0 Å². The third kappa shape index (κ3) is 4.26. The van der Waals surface area contributed by atoms with Crippen LogP contribution in [0.15, 0.2) is 29.2 Å². The molecule has 0 saturated heterocycles. The minimum absolute atomic E-state index is 0.547. The van der Waals surface area contributed by atoms with Crippen LogP contribution in [0.1, 0.15) is 6.92 Å². The van der Waals surface area contributed by atoms with Crippen molar-refractivity contribution in [2.75, 3.05) is 11.6 Å². The molecule has 0 bridgehead atoms. The highest BCUT2D eigenvalue weighted by atomic mass is 35.5. The number of hydrogen-bond donors (Lipinski definition) is 0. The van der Waals surface area contributed by atoms with Gasteiger partial charge in [-0.15, -0.1) is 23.4 Å². The second-order valence-corrected chi connectivity index (χ2v) is 4.87. The van der Waals surface area contributed by atoms with Gasteiger partial charge in [0.15, 0.2) is 0 Å². The molecule has 0 fully saturated rings. The van der Waals surface area contributed by atoms with Crippen molar-refractivity contribution in [1.29, 1.82) is 0 Å². The molecule has 1 rings (SSSR count). The number of halogens is 2. The fourth-order valence-electron chi connectivity index (χ4n) is 0.840. The van der Waals surface area contributed by atoms with Crippen molar-refractivity contribution >= 4 is 35.0 Å². The molecule has 1 atom stereocenters. The summed E-state index contributed by atoms with van der Waals surface area (Å²) in [4.78, 5) is 1.21. The first-order valence-electron chi connectivity index (χ1n) is 4.16. The lowest BCUT2D eigenvalue weighted by Crippen LogP contribution is -1.98. The summed E-state index contributed by atoms with van der Waals surface area (Å²) in [6.07, 6.45) is 0. The highest BCUT2D eigenvalue weighted by Crippen LogP contribution is 2.23. The van der Waals surface area contributed by atoms with E-state index in [1.165, 1.54) is 4.90 Å². The molecule has 1 unspecified atom stereocenters. The standard InChI is InChI=1S/C10H12Cl2S/c1-8(6-11)7-13-10-4-2-3-9(12)5-10/h2-5,8H,6-7H2,1H3. The first kappa shape index (κ1) is 11.2. The Morgan fingerprint density at radius 1 is 1.46 bits per heavy atom. The molecule has 13 heavy (non-hydrogen) atoms. The van der Waals surface area contributed by atoms with Crippen molar-refractivity contribution in [3.05, 3.63) is 29.3 Å². The first-order valence-corrected chi connectivity index (χ1v) is 6.06. The lowest BCUT2D eigenvalue weighted by molar-refractivity contribution is 0.759. The highest BCUT2D eigenvalue weighted by Gasteiger charge is 2.01. The van der Waals surface area contributed by atoms with Gasteiger partial charge >= 0.3 is 0 Å². The maximum atomic E-state index is 5.85. The summed E-state index contributed by atoms with van der Waals surface area (Å²) in [5.74, 6) is 2.31. The van der Waals surface area contributed by atoms with Gasteiger partial charge in [0.1, 0.15) is 0 Å². The predicted octanol–water partition coefficient (Wildman–Crippen LogP) is 4.31. The molecule has 0 radical (unpaired) electrons. The Morgan fingerprint density at radius 2 is 2.23 bits per heavy atom. The summed E-state index contributed by atoms with van der Waals surface area (Å²) in [6, 6.07) is 7.90. The van der Waals surface area contributed by atoms with E-state index in [1.807, 2.05) is 18.2 Å². The molecule has 0 spiro atoms. The van der Waals surface area contributed by atoms with Crippen LogP contribution in [-0.4, -0.2) is 11.6 Å². The first-order chi connectivity index (χ1) is 6.22. The predicted molar refractivity (Wildman–Crippen MR) is 62.1 cm³/mol. The van der Waals surface area contributed by atoms with Crippen LogP contribution in [0.3, 0.4) is 0 Å². The van der Waals surface area contributed by atoms with Gasteiger partial charge in [-0.2, -0.15) is 0 Å². The Hall–Kier alpha value is 0.150. The zero-order chi connectivity index (χ0) is 9.68. The van der Waals surface area contributed by atoms with Gasteiger partial charge in [0, 0.05) is 21.6 Å². The van der Waals surface area contributed by atoms with Crippen molar-refractivity contribution in [1.82, 2.24) is 0 Å². The topological polar surface area (TPSA) is 0 Å². The Morgan fingerprint density at radius 3 is 2.85 bits per heavy atom. The summed E-state index contributed by atoms with van der Waals surface area (Å²) in [7, 11) is 0. The summed E-state index contributed by atoms with van der Waals surface area (Å²) >= 11 is 13.4. The zero-order valence-electron chi connectivity index (χ0n) is 7.47. The van der Waals surface area contributed by atoms with Crippen molar-refractivity contribution in [3.8, 4) is 0 Å². The summed E-state index contributed by atoms with van der Waals surface area (Å²) in [6.45, 7) is 2.14. The molecule has 0 saturated carbocycles. The van der Waals surface area contributed by atoms with Crippen LogP contribution in [-0.2, 0) is 0 Å². The number of rotatable bonds is 4. The van der Waals surface area contributed by atoms with E-state index in [0.717, 1.165) is 10.8 Å². The van der Waals surface area contributed by atoms with Gasteiger partial charge in [0.05, 0.1) is 0 Å². The van der Waals surface area contributed by atoms with Crippen LogP contribution in [0.2, 0.25) is 5.02 Å². The number of hydrogen-bond acceptors (Lipinski definition) is 1. The van der Waals surface area contributed by atoms with Gasteiger partial charge in [-0.25, -0.2) is 0 Å². The van der Waals surface area contributed by atoms with Gasteiger partial charge in [0.2, 0.25) is 0 Å². The van der Waals surface area contributed by atoms with Gasteiger partial charge in [-0.3, -0.25) is 0 Å². The third-order valence-electron chi connectivity index (χ3n) is 1.59. The molecule has 0 amide bonds. The monoisotopic (exact) mass is 234 g/mol. The fraction of sp³-hybridized carbons (Fsp3) is 0.400. The molecule has 0 nitrogen and oxygen atoms in total.